The number of phenolic OH excluding ortho intramolecular Hbond substituents is 2. The number of aliphatic hydroxyl groups excluding tert-OH is 3. The van der Waals surface area contributed by atoms with E-state index in [-0.39, 0.29) is 35.0 Å². The number of aromatic hydroxyl groups is 2. The molecular weight excluding hydrogens is 456 g/mol. The molecule has 0 aliphatic carbocycles. The highest BCUT2D eigenvalue weighted by Gasteiger charge is 2.48. The molecular formula is C22H22O12. The van der Waals surface area contributed by atoms with Crippen LogP contribution in [0.3, 0.4) is 0 Å². The Morgan fingerprint density at radius 1 is 1.03 bits per heavy atom. The van der Waals surface area contributed by atoms with Crippen molar-refractivity contribution in [1.29, 1.82) is 0 Å². The van der Waals surface area contributed by atoms with Crippen LogP contribution in [0, 0.1) is 0 Å². The van der Waals surface area contributed by atoms with E-state index in [2.05, 4.69) is 0 Å². The Kier molecular flexibility index (Phi) is 6.23. The molecule has 2 heterocycles. The lowest BCUT2D eigenvalue weighted by atomic mass is 9.95. The molecule has 182 valence electrons. The van der Waals surface area contributed by atoms with Gasteiger partial charge in [-0.1, -0.05) is 6.07 Å². The number of aliphatic carboxylic acids is 1. The van der Waals surface area contributed by atoms with Gasteiger partial charge in [0.1, 0.15) is 47.2 Å². The molecule has 0 saturated carbocycles. The number of fused-ring (bicyclic) bond motifs is 1. The lowest BCUT2D eigenvalue weighted by molar-refractivity contribution is -0.271. The Bertz CT molecular complexity index is 1120. The van der Waals surface area contributed by atoms with Gasteiger partial charge in [0.15, 0.2) is 23.4 Å². The Morgan fingerprint density at radius 2 is 1.76 bits per heavy atom. The summed E-state index contributed by atoms with van der Waals surface area (Å²) in [5.41, 5.74) is 0.362. The number of carboxylic acids is 1. The van der Waals surface area contributed by atoms with E-state index in [1.807, 2.05) is 0 Å². The first-order chi connectivity index (χ1) is 16.1. The SMILES string of the molecule is COc1ccc(C2CC(=O)c3c(O)cc(O[C@@H]4OC(C(=O)O)[C@@H](O)[C@H](O)C4O)cc3O2)cc1O. The summed E-state index contributed by atoms with van der Waals surface area (Å²) in [5.74, 6) is -2.67. The first kappa shape index (κ1) is 23.6. The van der Waals surface area contributed by atoms with Crippen molar-refractivity contribution in [1.82, 2.24) is 0 Å². The number of hydrogen-bond acceptors (Lipinski definition) is 11. The average Bonchev–Trinajstić information content (AvgIpc) is 2.78. The first-order valence-corrected chi connectivity index (χ1v) is 10.1. The third-order valence-corrected chi connectivity index (χ3v) is 5.61. The van der Waals surface area contributed by atoms with Gasteiger partial charge < -0.3 is 49.6 Å². The number of aliphatic hydroxyl groups is 3. The van der Waals surface area contributed by atoms with Crippen LogP contribution >= 0.6 is 0 Å². The molecule has 2 aromatic rings. The number of carbonyl (C=O) groups excluding carboxylic acids is 1. The molecule has 0 bridgehead atoms. The highest BCUT2D eigenvalue weighted by atomic mass is 16.7. The van der Waals surface area contributed by atoms with Gasteiger partial charge in [-0.05, 0) is 17.7 Å². The van der Waals surface area contributed by atoms with Gasteiger partial charge in [0, 0.05) is 12.1 Å². The minimum Gasteiger partial charge on any atom is -0.507 e. The maximum absolute atomic E-state index is 12.7. The highest BCUT2D eigenvalue weighted by molar-refractivity contribution is 6.02. The average molecular weight is 478 g/mol. The molecule has 12 nitrogen and oxygen atoms in total. The number of benzene rings is 2. The Hall–Kier alpha value is -3.58. The molecule has 34 heavy (non-hydrogen) atoms. The lowest BCUT2D eigenvalue weighted by Gasteiger charge is -2.38. The second kappa shape index (κ2) is 8.99. The fourth-order valence-electron chi connectivity index (χ4n) is 3.86. The standard InChI is InChI=1S/C22H22O12/c1-31-13-3-2-8(4-10(13)23)14-7-12(25)16-11(24)5-9(6-15(16)33-14)32-22-19(28)17(26)18(27)20(34-22)21(29)30/h2-6,14,17-20,22-24,26-28H,7H2,1H3,(H,29,30)/t14?,17-,18-,19?,20?,22+/m0/s1. The maximum Gasteiger partial charge on any atom is 0.335 e. The van der Waals surface area contributed by atoms with Crippen molar-refractivity contribution < 1.29 is 59.2 Å². The number of carbonyl (C=O) groups is 2. The third-order valence-electron chi connectivity index (χ3n) is 5.61. The van der Waals surface area contributed by atoms with E-state index in [0.29, 0.717) is 5.56 Å². The molecule has 2 aliphatic rings. The van der Waals surface area contributed by atoms with Gasteiger partial charge in [-0.2, -0.15) is 0 Å². The van der Waals surface area contributed by atoms with Crippen LogP contribution in [0.5, 0.6) is 28.7 Å². The van der Waals surface area contributed by atoms with Crippen molar-refractivity contribution in [2.75, 3.05) is 7.11 Å². The van der Waals surface area contributed by atoms with E-state index < -0.39 is 54.3 Å². The minimum absolute atomic E-state index is 0.0628. The molecule has 4 rings (SSSR count). The second-order valence-corrected chi connectivity index (χ2v) is 7.83. The van der Waals surface area contributed by atoms with Crippen LogP contribution in [0.25, 0.3) is 0 Å². The molecule has 0 amide bonds. The largest absolute Gasteiger partial charge is 0.507 e. The topological polar surface area (TPSA) is 192 Å². The van der Waals surface area contributed by atoms with Crippen LogP contribution in [0.1, 0.15) is 28.4 Å². The van der Waals surface area contributed by atoms with Crippen molar-refractivity contribution >= 4 is 11.8 Å². The van der Waals surface area contributed by atoms with Gasteiger partial charge >= 0.3 is 5.97 Å². The van der Waals surface area contributed by atoms with Crippen LogP contribution < -0.4 is 14.2 Å². The zero-order valence-electron chi connectivity index (χ0n) is 17.7. The fourth-order valence-corrected chi connectivity index (χ4v) is 3.86. The van der Waals surface area contributed by atoms with Gasteiger partial charge in [-0.3, -0.25) is 4.79 Å². The molecule has 2 aromatic carbocycles. The van der Waals surface area contributed by atoms with E-state index in [0.717, 1.165) is 6.07 Å². The molecule has 2 aliphatic heterocycles. The molecule has 1 fully saturated rings. The van der Waals surface area contributed by atoms with Gasteiger partial charge in [-0.15, -0.1) is 0 Å². The van der Waals surface area contributed by atoms with Crippen molar-refractivity contribution in [3.05, 3.63) is 41.5 Å². The summed E-state index contributed by atoms with van der Waals surface area (Å²) in [6, 6.07) is 6.76. The van der Waals surface area contributed by atoms with Crippen molar-refractivity contribution in [2.24, 2.45) is 0 Å². The minimum atomic E-state index is -1.90. The van der Waals surface area contributed by atoms with Crippen LogP contribution in [0.15, 0.2) is 30.3 Å². The summed E-state index contributed by atoms with van der Waals surface area (Å²) in [6.07, 6.45) is -10.1. The van der Waals surface area contributed by atoms with E-state index in [1.165, 1.54) is 25.3 Å². The normalized spacial score (nSPS) is 28.5. The number of ketones is 1. The molecule has 0 aromatic heterocycles. The van der Waals surface area contributed by atoms with E-state index in [4.69, 9.17) is 24.1 Å². The van der Waals surface area contributed by atoms with Crippen LogP contribution in [-0.2, 0) is 9.53 Å². The molecule has 0 radical (unpaired) electrons. The van der Waals surface area contributed by atoms with Gasteiger partial charge in [0.2, 0.25) is 6.29 Å². The molecule has 6 atom stereocenters. The summed E-state index contributed by atoms with van der Waals surface area (Å²) in [7, 11) is 1.39. The second-order valence-electron chi connectivity index (χ2n) is 7.83. The zero-order valence-corrected chi connectivity index (χ0v) is 17.7. The highest BCUT2D eigenvalue weighted by Crippen LogP contribution is 2.43. The predicted molar refractivity (Wildman–Crippen MR) is 110 cm³/mol. The Balaban J connectivity index is 1.60. The zero-order chi connectivity index (χ0) is 24.7. The smallest absolute Gasteiger partial charge is 0.335 e. The molecule has 12 heteroatoms. The summed E-state index contributed by atoms with van der Waals surface area (Å²) >= 11 is 0. The number of phenols is 2. The number of hydrogen-bond donors (Lipinski definition) is 6. The maximum atomic E-state index is 12.7. The number of rotatable bonds is 5. The van der Waals surface area contributed by atoms with Crippen LogP contribution in [-0.4, -0.2) is 80.2 Å². The number of carboxylic acid groups (broad SMARTS) is 1. The van der Waals surface area contributed by atoms with E-state index >= 15 is 0 Å². The van der Waals surface area contributed by atoms with Crippen LogP contribution in [0.4, 0.5) is 0 Å². The first-order valence-electron chi connectivity index (χ1n) is 10.1. The lowest BCUT2D eigenvalue weighted by Crippen LogP contribution is -2.61. The van der Waals surface area contributed by atoms with E-state index in [9.17, 15) is 35.1 Å². The quantitative estimate of drug-likeness (QED) is 0.340. The third kappa shape index (κ3) is 4.19. The van der Waals surface area contributed by atoms with E-state index in [1.54, 1.807) is 6.07 Å². The molecule has 3 unspecified atom stereocenters. The Morgan fingerprint density at radius 3 is 2.41 bits per heavy atom. The fraction of sp³-hybridized carbons (Fsp3) is 0.364. The van der Waals surface area contributed by atoms with Crippen molar-refractivity contribution in [3.8, 4) is 28.7 Å². The summed E-state index contributed by atoms with van der Waals surface area (Å²) in [4.78, 5) is 24.0. The number of ether oxygens (including phenoxy) is 4. The molecule has 1 saturated heterocycles. The number of methoxy groups -OCH3 is 1. The summed E-state index contributed by atoms with van der Waals surface area (Å²) < 4.78 is 21.3. The summed E-state index contributed by atoms with van der Waals surface area (Å²) in [5, 5.41) is 59.5. The summed E-state index contributed by atoms with van der Waals surface area (Å²) in [6.45, 7) is 0. The van der Waals surface area contributed by atoms with Crippen LogP contribution in [0.2, 0.25) is 0 Å². The molecule has 6 N–H and O–H groups in total. The van der Waals surface area contributed by atoms with Gasteiger partial charge in [0.25, 0.3) is 0 Å². The molecule has 0 spiro atoms. The monoisotopic (exact) mass is 478 g/mol. The Labute approximate surface area is 192 Å². The van der Waals surface area contributed by atoms with Crippen molar-refractivity contribution in [3.63, 3.8) is 0 Å². The number of Topliss-reactive ketones (excluding diaryl/α,β-unsaturated/α-hetero) is 1. The van der Waals surface area contributed by atoms with Gasteiger partial charge in [0.05, 0.1) is 13.5 Å². The van der Waals surface area contributed by atoms with Crippen molar-refractivity contribution in [2.45, 2.75) is 43.2 Å². The van der Waals surface area contributed by atoms with Gasteiger partial charge in [-0.25, -0.2) is 4.79 Å². The predicted octanol–water partition coefficient (Wildman–Crippen LogP) is 0.0839.